The fraction of sp³-hybridized carbons (Fsp3) is 0.350. The van der Waals surface area contributed by atoms with Crippen LogP contribution < -0.4 is 20.3 Å². The van der Waals surface area contributed by atoms with E-state index in [0.29, 0.717) is 15.9 Å². The van der Waals surface area contributed by atoms with Crippen molar-refractivity contribution in [2.24, 2.45) is 0 Å². The fourth-order valence-corrected chi connectivity index (χ4v) is 3.69. The van der Waals surface area contributed by atoms with Gasteiger partial charge in [0.05, 0.1) is 18.2 Å². The Bertz CT molecular complexity index is 760. The molecule has 0 bridgehead atoms. The van der Waals surface area contributed by atoms with Crippen LogP contribution >= 0.6 is 23.8 Å². The van der Waals surface area contributed by atoms with Gasteiger partial charge in [-0.05, 0) is 67.9 Å². The lowest BCUT2D eigenvalue weighted by atomic mass is 10.1. The predicted molar refractivity (Wildman–Crippen MR) is 114 cm³/mol. The highest BCUT2D eigenvalue weighted by Crippen LogP contribution is 2.27. The maximum absolute atomic E-state index is 6.15. The molecule has 0 unspecified atom stereocenters. The smallest absolute Gasteiger partial charge is 0.171 e. The van der Waals surface area contributed by atoms with Crippen LogP contribution in [0.25, 0.3) is 0 Å². The Morgan fingerprint density at radius 1 is 1.15 bits per heavy atom. The Hall–Kier alpha value is -1.98. The molecule has 1 heterocycles. The molecule has 0 amide bonds. The van der Waals surface area contributed by atoms with Gasteiger partial charge in [0.25, 0.3) is 0 Å². The molecule has 1 fully saturated rings. The van der Waals surface area contributed by atoms with Crippen LogP contribution in [0.1, 0.15) is 31.4 Å². The average Bonchev–Trinajstić information content (AvgIpc) is 3.16. The number of benzene rings is 2. The van der Waals surface area contributed by atoms with Crippen LogP contribution in [-0.4, -0.2) is 25.3 Å². The first-order valence-corrected chi connectivity index (χ1v) is 9.61. The maximum Gasteiger partial charge on any atom is 0.171 e. The number of hydrogen-bond acceptors (Lipinski definition) is 3. The first kappa shape index (κ1) is 18.8. The highest BCUT2D eigenvalue weighted by molar-refractivity contribution is 7.80. The highest BCUT2D eigenvalue weighted by atomic mass is 35.5. The number of methoxy groups -OCH3 is 1. The van der Waals surface area contributed by atoms with Gasteiger partial charge in [-0.25, -0.2) is 0 Å². The molecule has 2 aromatic rings. The Kier molecular flexibility index (Phi) is 6.22. The molecular weight excluding hydrogens is 366 g/mol. The minimum absolute atomic E-state index is 0.108. The van der Waals surface area contributed by atoms with E-state index in [1.54, 1.807) is 13.2 Å². The fourth-order valence-electron chi connectivity index (χ4n) is 3.14. The molecule has 4 nitrogen and oxygen atoms in total. The lowest BCUT2D eigenvalue weighted by Crippen LogP contribution is -2.30. The van der Waals surface area contributed by atoms with E-state index in [1.807, 2.05) is 12.1 Å². The summed E-state index contributed by atoms with van der Waals surface area (Å²) in [5.41, 5.74) is 3.32. The van der Waals surface area contributed by atoms with E-state index in [9.17, 15) is 0 Å². The van der Waals surface area contributed by atoms with Gasteiger partial charge in [0.2, 0.25) is 0 Å². The van der Waals surface area contributed by atoms with Crippen molar-refractivity contribution in [3.63, 3.8) is 0 Å². The second-order valence-electron chi connectivity index (χ2n) is 6.46. The van der Waals surface area contributed by atoms with Crippen LogP contribution in [0.3, 0.4) is 0 Å². The van der Waals surface area contributed by atoms with Crippen molar-refractivity contribution < 1.29 is 4.74 Å². The van der Waals surface area contributed by atoms with Gasteiger partial charge in [-0.15, -0.1) is 0 Å². The molecule has 0 aromatic heterocycles. The average molecular weight is 390 g/mol. The SMILES string of the molecule is COc1ccc(NC(=S)N[C@@H](C)c2ccc(N3CCCC3)cc2)cc1Cl. The minimum Gasteiger partial charge on any atom is -0.495 e. The molecule has 1 aliphatic rings. The van der Waals surface area contributed by atoms with Gasteiger partial charge in [-0.2, -0.15) is 0 Å². The molecule has 3 rings (SSSR count). The number of rotatable bonds is 5. The standard InChI is InChI=1S/C20H24ClN3OS/c1-14(15-5-8-17(9-6-15)24-11-3-4-12-24)22-20(26)23-16-7-10-19(25-2)18(21)13-16/h5-10,13-14H,3-4,11-12H2,1-2H3,(H2,22,23,26)/t14-/m0/s1. The molecule has 2 N–H and O–H groups in total. The molecular formula is C20H24ClN3OS. The van der Waals surface area contributed by atoms with Crippen LogP contribution in [0.5, 0.6) is 5.75 Å². The number of nitrogens with one attached hydrogen (secondary N) is 2. The normalized spacial score (nSPS) is 14.8. The molecule has 26 heavy (non-hydrogen) atoms. The van der Waals surface area contributed by atoms with Gasteiger partial charge in [0.15, 0.2) is 5.11 Å². The first-order chi connectivity index (χ1) is 12.6. The number of anilines is 2. The molecule has 138 valence electrons. The number of halogens is 1. The van der Waals surface area contributed by atoms with E-state index in [1.165, 1.54) is 24.1 Å². The van der Waals surface area contributed by atoms with E-state index in [0.717, 1.165) is 18.8 Å². The van der Waals surface area contributed by atoms with E-state index in [4.69, 9.17) is 28.6 Å². The van der Waals surface area contributed by atoms with Gasteiger partial charge in [0, 0.05) is 24.5 Å². The Balaban J connectivity index is 1.57. The molecule has 0 spiro atoms. The molecule has 0 saturated carbocycles. The van der Waals surface area contributed by atoms with E-state index < -0.39 is 0 Å². The van der Waals surface area contributed by atoms with Gasteiger partial charge in [0.1, 0.15) is 5.75 Å². The summed E-state index contributed by atoms with van der Waals surface area (Å²) < 4.78 is 5.16. The molecule has 1 aliphatic heterocycles. The number of thiocarbonyl (C=S) groups is 1. The third-order valence-corrected chi connectivity index (χ3v) is 5.14. The lowest BCUT2D eigenvalue weighted by Gasteiger charge is -2.20. The zero-order valence-electron chi connectivity index (χ0n) is 15.1. The number of ether oxygens (including phenoxy) is 1. The predicted octanol–water partition coefficient (Wildman–Crippen LogP) is 5.00. The highest BCUT2D eigenvalue weighted by Gasteiger charge is 2.13. The molecule has 6 heteroatoms. The van der Waals surface area contributed by atoms with Crippen LogP contribution in [0, 0.1) is 0 Å². The first-order valence-electron chi connectivity index (χ1n) is 8.83. The van der Waals surface area contributed by atoms with Crippen LogP contribution in [0.2, 0.25) is 5.02 Å². The molecule has 0 radical (unpaired) electrons. The van der Waals surface area contributed by atoms with Crippen molar-refractivity contribution in [3.05, 3.63) is 53.1 Å². The van der Waals surface area contributed by atoms with Crippen molar-refractivity contribution in [1.29, 1.82) is 0 Å². The van der Waals surface area contributed by atoms with E-state index in [-0.39, 0.29) is 6.04 Å². The van der Waals surface area contributed by atoms with Gasteiger partial charge in [-0.3, -0.25) is 0 Å². The summed E-state index contributed by atoms with van der Waals surface area (Å²) in [6.45, 7) is 4.41. The Labute approximate surface area is 165 Å². The van der Waals surface area contributed by atoms with Crippen LogP contribution in [-0.2, 0) is 0 Å². The van der Waals surface area contributed by atoms with Crippen molar-refractivity contribution in [2.75, 3.05) is 30.4 Å². The van der Waals surface area contributed by atoms with E-state index in [2.05, 4.69) is 46.7 Å². The van der Waals surface area contributed by atoms with Crippen LogP contribution in [0.4, 0.5) is 11.4 Å². The second kappa shape index (κ2) is 8.60. The van der Waals surface area contributed by atoms with Gasteiger partial charge < -0.3 is 20.3 Å². The monoisotopic (exact) mass is 389 g/mol. The number of nitrogens with zero attached hydrogens (tertiary/aromatic N) is 1. The summed E-state index contributed by atoms with van der Waals surface area (Å²) in [6, 6.07) is 14.3. The van der Waals surface area contributed by atoms with Crippen molar-refractivity contribution in [1.82, 2.24) is 5.32 Å². The summed E-state index contributed by atoms with van der Waals surface area (Å²) in [5, 5.41) is 7.58. The number of hydrogen-bond donors (Lipinski definition) is 2. The Morgan fingerprint density at radius 2 is 1.85 bits per heavy atom. The zero-order valence-corrected chi connectivity index (χ0v) is 16.7. The second-order valence-corrected chi connectivity index (χ2v) is 7.27. The molecule has 0 aliphatic carbocycles. The van der Waals surface area contributed by atoms with Gasteiger partial charge in [-0.1, -0.05) is 23.7 Å². The topological polar surface area (TPSA) is 36.5 Å². The maximum atomic E-state index is 6.15. The summed E-state index contributed by atoms with van der Waals surface area (Å²) in [6.07, 6.45) is 2.57. The summed E-state index contributed by atoms with van der Waals surface area (Å²) in [4.78, 5) is 2.43. The van der Waals surface area contributed by atoms with Gasteiger partial charge >= 0.3 is 0 Å². The summed E-state index contributed by atoms with van der Waals surface area (Å²) in [7, 11) is 1.59. The van der Waals surface area contributed by atoms with Crippen LogP contribution in [0.15, 0.2) is 42.5 Å². The van der Waals surface area contributed by atoms with Crippen molar-refractivity contribution >= 4 is 40.3 Å². The summed E-state index contributed by atoms with van der Waals surface area (Å²) >= 11 is 11.6. The van der Waals surface area contributed by atoms with Crippen molar-refractivity contribution in [2.45, 2.75) is 25.8 Å². The lowest BCUT2D eigenvalue weighted by molar-refractivity contribution is 0.415. The largest absolute Gasteiger partial charge is 0.495 e. The Morgan fingerprint density at radius 3 is 2.46 bits per heavy atom. The minimum atomic E-state index is 0.108. The summed E-state index contributed by atoms with van der Waals surface area (Å²) in [5.74, 6) is 0.641. The zero-order chi connectivity index (χ0) is 18.5. The molecule has 1 saturated heterocycles. The van der Waals surface area contributed by atoms with E-state index >= 15 is 0 Å². The molecule has 1 atom stereocenters. The quantitative estimate of drug-likeness (QED) is 0.704. The third kappa shape index (κ3) is 4.59. The van der Waals surface area contributed by atoms with Crippen molar-refractivity contribution in [3.8, 4) is 5.75 Å². The third-order valence-electron chi connectivity index (χ3n) is 4.62. The molecule has 2 aromatic carbocycles.